The third-order valence-corrected chi connectivity index (χ3v) is 5.00. The number of benzene rings is 1. The number of aliphatic hydroxyl groups excluding tert-OH is 1. The molecule has 1 saturated carbocycles. The highest BCUT2D eigenvalue weighted by molar-refractivity contribution is 7.20. The van der Waals surface area contributed by atoms with Crippen LogP contribution in [0.5, 0.6) is 0 Å². The van der Waals surface area contributed by atoms with E-state index >= 15 is 0 Å². The van der Waals surface area contributed by atoms with Crippen molar-refractivity contribution in [3.05, 3.63) is 36.0 Å². The van der Waals surface area contributed by atoms with Gasteiger partial charge in [0.1, 0.15) is 0 Å². The summed E-state index contributed by atoms with van der Waals surface area (Å²) in [6.45, 7) is 1.17. The average molecular weight is 357 g/mol. The largest absolute Gasteiger partial charge is 0.395 e. The number of carbonyl (C=O) groups excluding carboxylic acids is 1. The Morgan fingerprint density at radius 2 is 2.12 bits per heavy atom. The first-order valence-corrected chi connectivity index (χ1v) is 9.14. The molecular weight excluding hydrogens is 338 g/mol. The summed E-state index contributed by atoms with van der Waals surface area (Å²) in [4.78, 5) is 17.3. The van der Waals surface area contributed by atoms with Gasteiger partial charge in [-0.2, -0.15) is 0 Å². The Kier molecular flexibility index (Phi) is 4.37. The third kappa shape index (κ3) is 3.64. The van der Waals surface area contributed by atoms with Gasteiger partial charge in [-0.1, -0.05) is 23.5 Å². The van der Waals surface area contributed by atoms with Crippen LogP contribution in [-0.2, 0) is 0 Å². The van der Waals surface area contributed by atoms with Crippen LogP contribution in [0.3, 0.4) is 0 Å². The third-order valence-electron chi connectivity index (χ3n) is 4.12. The van der Waals surface area contributed by atoms with E-state index in [4.69, 9.17) is 5.11 Å². The maximum Gasteiger partial charge on any atom is 0.251 e. The molecule has 1 fully saturated rings. The van der Waals surface area contributed by atoms with Crippen LogP contribution in [0.25, 0.3) is 16.2 Å². The highest BCUT2D eigenvalue weighted by Crippen LogP contribution is 2.30. The van der Waals surface area contributed by atoms with Crippen molar-refractivity contribution in [3.63, 3.8) is 0 Å². The lowest BCUT2D eigenvalue weighted by atomic mass is 10.1. The standard InChI is InChI=1S/C17H19N5O2S/c23-8-7-18-15(24)13-5-3-12(4-6-13)14-10-22-17(20-14)25-16(21-22)19-9-11-1-2-11/h3-6,10-11,23H,1-2,7-9H2,(H,18,24)(H,19,21). The molecule has 0 radical (unpaired) electrons. The fourth-order valence-corrected chi connectivity index (χ4v) is 3.32. The zero-order chi connectivity index (χ0) is 17.2. The Morgan fingerprint density at radius 3 is 2.80 bits per heavy atom. The summed E-state index contributed by atoms with van der Waals surface area (Å²) in [5.41, 5.74) is 2.32. The van der Waals surface area contributed by atoms with Crippen molar-refractivity contribution < 1.29 is 9.90 Å². The van der Waals surface area contributed by atoms with Gasteiger partial charge in [0.25, 0.3) is 5.91 Å². The number of nitrogens with zero attached hydrogens (tertiary/aromatic N) is 3. The average Bonchev–Trinajstić information content (AvgIpc) is 3.26. The van der Waals surface area contributed by atoms with Crippen LogP contribution >= 0.6 is 11.3 Å². The molecule has 1 aromatic carbocycles. The van der Waals surface area contributed by atoms with Gasteiger partial charge in [0.05, 0.1) is 18.5 Å². The summed E-state index contributed by atoms with van der Waals surface area (Å²) in [6.07, 6.45) is 4.52. The molecule has 0 bridgehead atoms. The fourth-order valence-electron chi connectivity index (χ4n) is 2.53. The molecule has 3 aromatic rings. The molecule has 7 nitrogen and oxygen atoms in total. The van der Waals surface area contributed by atoms with E-state index in [1.54, 1.807) is 28.0 Å². The molecule has 0 saturated heterocycles. The van der Waals surface area contributed by atoms with Crippen molar-refractivity contribution in [3.8, 4) is 11.3 Å². The van der Waals surface area contributed by atoms with Gasteiger partial charge in [-0.25, -0.2) is 9.50 Å². The van der Waals surface area contributed by atoms with E-state index < -0.39 is 0 Å². The fraction of sp³-hybridized carbons (Fsp3) is 0.353. The van der Waals surface area contributed by atoms with E-state index in [0.717, 1.165) is 33.8 Å². The van der Waals surface area contributed by atoms with E-state index in [2.05, 4.69) is 20.7 Å². The molecule has 8 heteroatoms. The molecule has 2 heterocycles. The van der Waals surface area contributed by atoms with Crippen LogP contribution in [0.15, 0.2) is 30.5 Å². The maximum atomic E-state index is 11.8. The van der Waals surface area contributed by atoms with E-state index in [1.165, 1.54) is 12.8 Å². The molecule has 25 heavy (non-hydrogen) atoms. The Balaban J connectivity index is 1.47. The number of rotatable bonds is 7. The van der Waals surface area contributed by atoms with E-state index in [0.29, 0.717) is 5.56 Å². The van der Waals surface area contributed by atoms with Gasteiger partial charge in [-0.3, -0.25) is 4.79 Å². The van der Waals surface area contributed by atoms with Gasteiger partial charge in [0.15, 0.2) is 0 Å². The van der Waals surface area contributed by atoms with E-state index in [9.17, 15) is 4.79 Å². The Hall–Kier alpha value is -2.45. The number of fused-ring (bicyclic) bond motifs is 1. The van der Waals surface area contributed by atoms with Crippen molar-refractivity contribution in [2.45, 2.75) is 12.8 Å². The Labute approximate surface area is 148 Å². The first-order valence-electron chi connectivity index (χ1n) is 8.32. The lowest BCUT2D eigenvalue weighted by molar-refractivity contribution is 0.0945. The van der Waals surface area contributed by atoms with Gasteiger partial charge >= 0.3 is 0 Å². The highest BCUT2D eigenvalue weighted by Gasteiger charge is 2.21. The van der Waals surface area contributed by atoms with Crippen molar-refractivity contribution in [1.29, 1.82) is 0 Å². The quantitative estimate of drug-likeness (QED) is 0.602. The van der Waals surface area contributed by atoms with Crippen LogP contribution in [0, 0.1) is 5.92 Å². The minimum absolute atomic E-state index is 0.0697. The normalized spacial score (nSPS) is 14.0. The lowest BCUT2D eigenvalue weighted by Gasteiger charge is -2.03. The van der Waals surface area contributed by atoms with Crippen LogP contribution in [0.1, 0.15) is 23.2 Å². The van der Waals surface area contributed by atoms with Crippen LogP contribution < -0.4 is 10.6 Å². The lowest BCUT2D eigenvalue weighted by Crippen LogP contribution is -2.26. The molecule has 130 valence electrons. The number of hydrogen-bond acceptors (Lipinski definition) is 6. The van der Waals surface area contributed by atoms with Crippen molar-refractivity contribution in [1.82, 2.24) is 19.9 Å². The summed E-state index contributed by atoms with van der Waals surface area (Å²) in [6, 6.07) is 7.25. The number of carbonyl (C=O) groups is 1. The van der Waals surface area contributed by atoms with Crippen molar-refractivity contribution in [2.24, 2.45) is 5.92 Å². The summed E-state index contributed by atoms with van der Waals surface area (Å²) >= 11 is 1.54. The topological polar surface area (TPSA) is 91.5 Å². The molecule has 0 unspecified atom stereocenters. The van der Waals surface area contributed by atoms with Crippen molar-refractivity contribution >= 4 is 27.3 Å². The van der Waals surface area contributed by atoms with E-state index in [-0.39, 0.29) is 19.1 Å². The molecule has 3 N–H and O–H groups in total. The Bertz CT molecular complexity index is 851. The molecule has 0 atom stereocenters. The van der Waals surface area contributed by atoms with Crippen LogP contribution in [0.4, 0.5) is 5.13 Å². The second-order valence-electron chi connectivity index (χ2n) is 6.14. The second kappa shape index (κ2) is 6.81. The molecule has 1 aliphatic rings. The predicted molar refractivity (Wildman–Crippen MR) is 96.9 cm³/mol. The van der Waals surface area contributed by atoms with Gasteiger partial charge in [0.2, 0.25) is 10.1 Å². The zero-order valence-corrected chi connectivity index (χ0v) is 14.4. The summed E-state index contributed by atoms with van der Waals surface area (Å²) < 4.78 is 1.79. The molecular formula is C17H19N5O2S. The minimum atomic E-state index is -0.195. The SMILES string of the molecule is O=C(NCCO)c1ccc(-c2cn3nc(NCC4CC4)sc3n2)cc1. The Morgan fingerprint density at radius 1 is 1.32 bits per heavy atom. The number of aliphatic hydroxyl groups is 1. The number of aromatic nitrogens is 3. The highest BCUT2D eigenvalue weighted by atomic mass is 32.1. The van der Waals surface area contributed by atoms with Gasteiger partial charge in [-0.05, 0) is 30.9 Å². The smallest absolute Gasteiger partial charge is 0.251 e. The number of hydrogen-bond donors (Lipinski definition) is 3. The summed E-state index contributed by atoms with van der Waals surface area (Å²) in [7, 11) is 0. The van der Waals surface area contributed by atoms with Crippen LogP contribution in [-0.4, -0.2) is 45.3 Å². The molecule has 0 aliphatic heterocycles. The first kappa shape index (κ1) is 16.0. The molecule has 0 spiro atoms. The monoisotopic (exact) mass is 357 g/mol. The number of anilines is 1. The first-order chi connectivity index (χ1) is 12.2. The molecule has 4 rings (SSSR count). The number of imidazole rings is 1. The number of amides is 1. The predicted octanol–water partition coefficient (Wildman–Crippen LogP) is 2.00. The molecule has 1 aliphatic carbocycles. The minimum Gasteiger partial charge on any atom is -0.395 e. The van der Waals surface area contributed by atoms with Crippen molar-refractivity contribution in [2.75, 3.05) is 25.0 Å². The van der Waals surface area contributed by atoms with Crippen LogP contribution in [0.2, 0.25) is 0 Å². The summed E-state index contributed by atoms with van der Waals surface area (Å²) in [5, 5.41) is 20.2. The van der Waals surface area contributed by atoms with Gasteiger partial charge in [-0.15, -0.1) is 5.10 Å². The second-order valence-corrected chi connectivity index (χ2v) is 7.10. The summed E-state index contributed by atoms with van der Waals surface area (Å²) in [5.74, 6) is 0.611. The van der Waals surface area contributed by atoms with Gasteiger partial charge < -0.3 is 15.7 Å². The zero-order valence-electron chi connectivity index (χ0n) is 13.6. The molecule has 1 amide bonds. The molecule has 2 aromatic heterocycles. The van der Waals surface area contributed by atoms with E-state index in [1.807, 2.05) is 18.3 Å². The maximum absolute atomic E-state index is 11.8. The number of nitrogens with one attached hydrogen (secondary N) is 2. The van der Waals surface area contributed by atoms with Gasteiger partial charge in [0, 0.05) is 24.2 Å².